The second kappa shape index (κ2) is 7.37. The third-order valence-electron chi connectivity index (χ3n) is 7.59. The van der Waals surface area contributed by atoms with Gasteiger partial charge in [-0.2, -0.15) is 0 Å². The van der Waals surface area contributed by atoms with E-state index in [1.165, 1.54) is 6.07 Å². The van der Waals surface area contributed by atoms with Crippen LogP contribution in [0, 0.1) is 10.8 Å². The highest BCUT2D eigenvalue weighted by atomic mass is 16.6. The second-order valence-corrected chi connectivity index (χ2v) is 9.85. The highest BCUT2D eigenvalue weighted by Crippen LogP contribution is 2.65. The number of ether oxygens (including phenoxy) is 3. The number of fused-ring (bicyclic) bond motifs is 3. The SMILES string of the molecule is CCc1cc(=O)c2ccc(OC(C)C)c(COCC34CCC(C)(C(=O)O3)C4(C)C)c2o1. The van der Waals surface area contributed by atoms with E-state index in [1.807, 2.05) is 27.7 Å². The summed E-state index contributed by atoms with van der Waals surface area (Å²) in [5.41, 5.74) is -0.319. The molecular weight excluding hydrogens is 396 g/mol. The Morgan fingerprint density at radius 1 is 1.13 bits per heavy atom. The molecule has 1 aliphatic carbocycles. The summed E-state index contributed by atoms with van der Waals surface area (Å²) in [5, 5.41) is 0.506. The number of carbonyl (C=O) groups excluding carboxylic acids is 1. The van der Waals surface area contributed by atoms with E-state index in [0.29, 0.717) is 34.5 Å². The quantitative estimate of drug-likeness (QED) is 0.591. The van der Waals surface area contributed by atoms with Gasteiger partial charge in [0.05, 0.1) is 35.7 Å². The van der Waals surface area contributed by atoms with Gasteiger partial charge in [0.2, 0.25) is 0 Å². The van der Waals surface area contributed by atoms with Gasteiger partial charge in [0.25, 0.3) is 0 Å². The Hall–Kier alpha value is -2.34. The normalized spacial score (nSPS) is 26.6. The van der Waals surface area contributed by atoms with Crippen LogP contribution in [0.25, 0.3) is 11.0 Å². The molecule has 2 aliphatic rings. The molecule has 1 saturated heterocycles. The molecule has 2 fully saturated rings. The third-order valence-corrected chi connectivity index (χ3v) is 7.59. The van der Waals surface area contributed by atoms with Crippen LogP contribution in [-0.4, -0.2) is 24.3 Å². The van der Waals surface area contributed by atoms with Crippen LogP contribution in [0.15, 0.2) is 27.4 Å². The predicted molar refractivity (Wildman–Crippen MR) is 117 cm³/mol. The van der Waals surface area contributed by atoms with Gasteiger partial charge in [-0.15, -0.1) is 0 Å². The number of benzene rings is 1. The van der Waals surface area contributed by atoms with Gasteiger partial charge in [-0.1, -0.05) is 20.8 Å². The molecule has 2 aromatic rings. The van der Waals surface area contributed by atoms with Crippen molar-refractivity contribution in [3.8, 4) is 5.75 Å². The van der Waals surface area contributed by atoms with Gasteiger partial charge < -0.3 is 18.6 Å². The molecular formula is C25H32O6. The Kier molecular flexibility index (Phi) is 5.20. The summed E-state index contributed by atoms with van der Waals surface area (Å²) in [6, 6.07) is 5.08. The molecule has 2 atom stereocenters. The molecule has 4 rings (SSSR count). The van der Waals surface area contributed by atoms with Crippen LogP contribution >= 0.6 is 0 Å². The molecule has 0 N–H and O–H groups in total. The molecule has 1 aromatic carbocycles. The first-order valence-corrected chi connectivity index (χ1v) is 11.1. The van der Waals surface area contributed by atoms with E-state index in [9.17, 15) is 9.59 Å². The van der Waals surface area contributed by atoms with Crippen LogP contribution in [0.5, 0.6) is 5.75 Å². The van der Waals surface area contributed by atoms with Crippen LogP contribution < -0.4 is 10.2 Å². The van der Waals surface area contributed by atoms with Gasteiger partial charge in [-0.3, -0.25) is 9.59 Å². The van der Waals surface area contributed by atoms with E-state index in [1.54, 1.807) is 12.1 Å². The van der Waals surface area contributed by atoms with Crippen molar-refractivity contribution in [1.82, 2.24) is 0 Å². The molecule has 1 aromatic heterocycles. The molecule has 2 bridgehead atoms. The minimum atomic E-state index is -0.641. The lowest BCUT2D eigenvalue weighted by atomic mass is 9.66. The van der Waals surface area contributed by atoms with E-state index in [-0.39, 0.29) is 36.1 Å². The fraction of sp³-hybridized carbons (Fsp3) is 0.600. The Morgan fingerprint density at radius 2 is 1.87 bits per heavy atom. The molecule has 6 heteroatoms. The third kappa shape index (κ3) is 3.18. The van der Waals surface area contributed by atoms with Crippen molar-refractivity contribution in [1.29, 1.82) is 0 Å². The molecule has 2 heterocycles. The number of carbonyl (C=O) groups is 1. The summed E-state index contributed by atoms with van der Waals surface area (Å²) in [4.78, 5) is 25.1. The molecule has 0 spiro atoms. The standard InChI is InChI=1S/C25H32O6/c1-7-16-12-19(26)17-8-9-20(29-15(2)3)18(21(17)30-16)13-28-14-25-11-10-24(6,22(27)31-25)23(25,4)5/h8-9,12,15H,7,10-11,13-14H2,1-6H3. The fourth-order valence-corrected chi connectivity index (χ4v) is 4.99. The first kappa shape index (κ1) is 21.9. The van der Waals surface area contributed by atoms with Gasteiger partial charge in [-0.25, -0.2) is 0 Å². The average Bonchev–Trinajstić information content (AvgIpc) is 2.98. The molecule has 6 nitrogen and oxygen atoms in total. The van der Waals surface area contributed by atoms with E-state index in [4.69, 9.17) is 18.6 Å². The zero-order valence-electron chi connectivity index (χ0n) is 19.3. The molecule has 0 radical (unpaired) electrons. The van der Waals surface area contributed by atoms with Crippen molar-refractivity contribution in [3.05, 3.63) is 39.7 Å². The summed E-state index contributed by atoms with van der Waals surface area (Å²) in [6.45, 7) is 12.5. The number of rotatable bonds is 7. The number of hydrogen-bond donors (Lipinski definition) is 0. The van der Waals surface area contributed by atoms with E-state index < -0.39 is 11.0 Å². The Bertz CT molecular complexity index is 1080. The van der Waals surface area contributed by atoms with Crippen molar-refractivity contribution in [3.63, 3.8) is 0 Å². The van der Waals surface area contributed by atoms with E-state index in [0.717, 1.165) is 12.8 Å². The summed E-state index contributed by atoms with van der Waals surface area (Å²) < 4.78 is 24.1. The monoisotopic (exact) mass is 428 g/mol. The van der Waals surface area contributed by atoms with E-state index in [2.05, 4.69) is 13.8 Å². The highest BCUT2D eigenvalue weighted by molar-refractivity contribution is 5.83. The summed E-state index contributed by atoms with van der Waals surface area (Å²) in [7, 11) is 0. The van der Waals surface area contributed by atoms with Crippen molar-refractivity contribution >= 4 is 16.9 Å². The van der Waals surface area contributed by atoms with Crippen LogP contribution in [0.3, 0.4) is 0 Å². The van der Waals surface area contributed by atoms with Crippen LogP contribution in [-0.2, 0) is 27.3 Å². The molecule has 31 heavy (non-hydrogen) atoms. The summed E-state index contributed by atoms with van der Waals surface area (Å²) in [5.74, 6) is 1.12. The van der Waals surface area contributed by atoms with Crippen LogP contribution in [0.1, 0.15) is 65.7 Å². The number of esters is 1. The van der Waals surface area contributed by atoms with Crippen LogP contribution in [0.2, 0.25) is 0 Å². The van der Waals surface area contributed by atoms with Crippen molar-refractivity contribution in [2.75, 3.05) is 6.61 Å². The average molecular weight is 429 g/mol. The zero-order valence-corrected chi connectivity index (χ0v) is 19.3. The minimum Gasteiger partial charge on any atom is -0.490 e. The van der Waals surface area contributed by atoms with Gasteiger partial charge in [0, 0.05) is 17.9 Å². The van der Waals surface area contributed by atoms with Gasteiger partial charge in [0.15, 0.2) is 5.43 Å². The Labute approximate surface area is 182 Å². The zero-order chi connectivity index (χ0) is 22.6. The van der Waals surface area contributed by atoms with Gasteiger partial charge in [-0.05, 0) is 45.7 Å². The molecule has 2 unspecified atom stereocenters. The Balaban J connectivity index is 1.67. The van der Waals surface area contributed by atoms with Gasteiger partial charge in [0.1, 0.15) is 22.7 Å². The second-order valence-electron chi connectivity index (χ2n) is 9.85. The summed E-state index contributed by atoms with van der Waals surface area (Å²) in [6.07, 6.45) is 2.16. The smallest absolute Gasteiger partial charge is 0.313 e. The number of aryl methyl sites for hydroxylation is 1. The molecule has 168 valence electrons. The largest absolute Gasteiger partial charge is 0.490 e. The maximum Gasteiger partial charge on any atom is 0.313 e. The van der Waals surface area contributed by atoms with E-state index >= 15 is 0 Å². The topological polar surface area (TPSA) is 75.0 Å². The van der Waals surface area contributed by atoms with Crippen molar-refractivity contribution in [2.24, 2.45) is 10.8 Å². The molecule has 1 saturated carbocycles. The highest BCUT2D eigenvalue weighted by Gasteiger charge is 2.72. The van der Waals surface area contributed by atoms with Crippen LogP contribution in [0.4, 0.5) is 0 Å². The summed E-state index contributed by atoms with van der Waals surface area (Å²) >= 11 is 0. The maximum atomic E-state index is 12.6. The molecule has 1 aliphatic heterocycles. The first-order valence-electron chi connectivity index (χ1n) is 11.1. The van der Waals surface area contributed by atoms with Gasteiger partial charge >= 0.3 is 5.97 Å². The lowest BCUT2D eigenvalue weighted by Crippen LogP contribution is -2.44. The maximum absolute atomic E-state index is 12.6. The lowest BCUT2D eigenvalue weighted by Gasteiger charge is -2.36. The first-order chi connectivity index (χ1) is 14.5. The minimum absolute atomic E-state index is 0.0406. The Morgan fingerprint density at radius 3 is 2.45 bits per heavy atom. The van der Waals surface area contributed by atoms with Crippen molar-refractivity contribution in [2.45, 2.75) is 79.1 Å². The predicted octanol–water partition coefficient (Wildman–Crippen LogP) is 4.78. The fourth-order valence-electron chi connectivity index (χ4n) is 4.99. The lowest BCUT2D eigenvalue weighted by molar-refractivity contribution is -0.166. The van der Waals surface area contributed by atoms with Crippen molar-refractivity contribution < 1.29 is 23.4 Å². The number of hydrogen-bond acceptors (Lipinski definition) is 6. The molecule has 0 amide bonds.